The van der Waals surface area contributed by atoms with Crippen LogP contribution < -0.4 is 26.2 Å². The number of aromatic nitrogens is 1. The Morgan fingerprint density at radius 1 is 0.681 bits per heavy atom. The van der Waals surface area contributed by atoms with Gasteiger partial charge in [0, 0.05) is 39.4 Å². The Morgan fingerprint density at radius 3 is 2.04 bits per heavy atom. The molecule has 6 aromatic carbocycles. The molecular formula is C64H72BN3S. The Morgan fingerprint density at radius 2 is 1.35 bits per heavy atom. The molecule has 1 aromatic heterocycles. The third-order valence-electron chi connectivity index (χ3n) is 18.6. The van der Waals surface area contributed by atoms with Gasteiger partial charge in [0.1, 0.15) is 5.01 Å². The number of hydrogen-bond acceptors (Lipinski definition) is 4. The van der Waals surface area contributed by atoms with Crippen LogP contribution in [0.1, 0.15) is 173 Å². The van der Waals surface area contributed by atoms with Gasteiger partial charge in [0.15, 0.2) is 0 Å². The van der Waals surface area contributed by atoms with E-state index in [1.54, 1.807) is 16.8 Å². The van der Waals surface area contributed by atoms with Crippen LogP contribution in [0.25, 0.3) is 31.9 Å². The lowest BCUT2D eigenvalue weighted by Gasteiger charge is -2.53. The van der Waals surface area contributed by atoms with Crippen molar-refractivity contribution in [3.05, 3.63) is 137 Å². The zero-order valence-electron chi connectivity index (χ0n) is 43.6. The normalized spacial score (nSPS) is 21.9. The topological polar surface area (TPSA) is 19.4 Å². The van der Waals surface area contributed by atoms with Gasteiger partial charge in [-0.15, -0.1) is 11.3 Å². The molecule has 3 aliphatic heterocycles. The average Bonchev–Trinajstić information content (AvgIpc) is 3.84. The van der Waals surface area contributed by atoms with Crippen molar-refractivity contribution >= 4 is 73.1 Å². The van der Waals surface area contributed by atoms with E-state index in [-0.39, 0.29) is 33.9 Å². The molecule has 3 unspecified atom stereocenters. The molecule has 0 saturated heterocycles. The molecule has 1 saturated carbocycles. The van der Waals surface area contributed by atoms with Crippen molar-refractivity contribution in [3.8, 4) is 21.7 Å². The maximum absolute atomic E-state index is 5.53. The van der Waals surface area contributed by atoms with Crippen molar-refractivity contribution in [2.75, 3.05) is 9.80 Å². The maximum Gasteiger partial charge on any atom is 0.252 e. The Balaban J connectivity index is 1.14. The van der Waals surface area contributed by atoms with Gasteiger partial charge >= 0.3 is 0 Å². The van der Waals surface area contributed by atoms with Crippen molar-refractivity contribution in [2.45, 2.75) is 174 Å². The Kier molecular flexibility index (Phi) is 10.1. The summed E-state index contributed by atoms with van der Waals surface area (Å²) >= 11 is 1.85. The highest BCUT2D eigenvalue weighted by Gasteiger charge is 2.62. The number of rotatable bonds is 7. The van der Waals surface area contributed by atoms with Gasteiger partial charge < -0.3 is 9.80 Å². The van der Waals surface area contributed by atoms with E-state index in [1.165, 1.54) is 141 Å². The molecule has 7 aromatic rings. The van der Waals surface area contributed by atoms with Crippen molar-refractivity contribution < 1.29 is 0 Å². The fraction of sp³-hybridized carbons (Fsp3) is 0.422. The van der Waals surface area contributed by atoms with Gasteiger partial charge in [-0.3, -0.25) is 0 Å². The molecular weight excluding hydrogens is 854 g/mol. The van der Waals surface area contributed by atoms with Crippen molar-refractivity contribution in [1.29, 1.82) is 0 Å². The van der Waals surface area contributed by atoms with E-state index >= 15 is 0 Å². The highest BCUT2D eigenvalue weighted by Crippen LogP contribution is 2.64. The molecule has 3 nitrogen and oxygen atoms in total. The first-order valence-electron chi connectivity index (χ1n) is 26.6. The predicted octanol–water partition coefficient (Wildman–Crippen LogP) is 16.2. The van der Waals surface area contributed by atoms with E-state index < -0.39 is 0 Å². The summed E-state index contributed by atoms with van der Waals surface area (Å²) in [6, 6.07) is 41.0. The summed E-state index contributed by atoms with van der Waals surface area (Å²) < 4.78 is 1.26. The SMILES string of the molecule is CCCC(CC)c1ccc2c3c1C1(C)CCCCC1(C)N3c1cc(C(C)(C)C)cc3c1B2c1cc2sc(-c4ccc(-c5ccc(C)cc5)cc4)nc2cc1N3c1ccc2c(c1)C(C)(C)CCC2(C)C. The van der Waals surface area contributed by atoms with Crippen molar-refractivity contribution in [2.24, 2.45) is 0 Å². The fourth-order valence-electron chi connectivity index (χ4n) is 14.2. The second kappa shape index (κ2) is 15.4. The van der Waals surface area contributed by atoms with Gasteiger partial charge in [-0.25, -0.2) is 4.98 Å². The number of aryl methyl sites for hydroxylation is 1. The summed E-state index contributed by atoms with van der Waals surface area (Å²) in [5, 5.41) is 1.08. The number of thiazole rings is 1. The van der Waals surface area contributed by atoms with E-state index in [2.05, 4.69) is 196 Å². The van der Waals surface area contributed by atoms with Crippen LogP contribution in [0.15, 0.2) is 103 Å². The summed E-state index contributed by atoms with van der Waals surface area (Å²) in [4.78, 5) is 11.2. The van der Waals surface area contributed by atoms with Gasteiger partial charge in [-0.1, -0.05) is 161 Å². The largest absolute Gasteiger partial charge is 0.335 e. The quantitative estimate of drug-likeness (QED) is 0.149. The molecule has 0 N–H and O–H groups in total. The van der Waals surface area contributed by atoms with Crippen molar-refractivity contribution in [1.82, 2.24) is 4.98 Å². The van der Waals surface area contributed by atoms with Gasteiger partial charge in [-0.05, 0) is 166 Å². The van der Waals surface area contributed by atoms with Crippen LogP contribution in [-0.2, 0) is 21.7 Å². The van der Waals surface area contributed by atoms with Gasteiger partial charge in [0.05, 0.1) is 15.8 Å². The Hall–Kier alpha value is -5.13. The van der Waals surface area contributed by atoms with Crippen LogP contribution in [0.4, 0.5) is 28.4 Å². The molecule has 12 rings (SSSR count). The third-order valence-corrected chi connectivity index (χ3v) is 19.7. The van der Waals surface area contributed by atoms with Crippen LogP contribution in [0, 0.1) is 6.92 Å². The van der Waals surface area contributed by atoms with E-state index in [9.17, 15) is 0 Å². The number of benzene rings is 6. The molecule has 0 spiro atoms. The zero-order valence-corrected chi connectivity index (χ0v) is 44.4. The fourth-order valence-corrected chi connectivity index (χ4v) is 15.2. The summed E-state index contributed by atoms with van der Waals surface area (Å²) in [6.45, 7) is 29.5. The lowest BCUT2D eigenvalue weighted by molar-refractivity contribution is 0.193. The second-order valence-electron chi connectivity index (χ2n) is 24.8. The van der Waals surface area contributed by atoms with Gasteiger partial charge in [0.25, 0.3) is 6.71 Å². The van der Waals surface area contributed by atoms with Crippen LogP contribution >= 0.6 is 11.3 Å². The van der Waals surface area contributed by atoms with Crippen LogP contribution in [0.2, 0.25) is 0 Å². The molecule has 69 heavy (non-hydrogen) atoms. The van der Waals surface area contributed by atoms with Crippen LogP contribution in [0.5, 0.6) is 0 Å². The molecule has 1 fully saturated rings. The van der Waals surface area contributed by atoms with Crippen LogP contribution in [0.3, 0.4) is 0 Å². The van der Waals surface area contributed by atoms with E-state index in [4.69, 9.17) is 4.98 Å². The zero-order chi connectivity index (χ0) is 48.2. The molecule has 352 valence electrons. The summed E-state index contributed by atoms with van der Waals surface area (Å²) in [7, 11) is 0. The van der Waals surface area contributed by atoms with Crippen molar-refractivity contribution in [3.63, 3.8) is 0 Å². The smallest absolute Gasteiger partial charge is 0.252 e. The molecule has 0 amide bonds. The molecule has 3 atom stereocenters. The summed E-state index contributed by atoms with van der Waals surface area (Å²) in [5.74, 6) is 0.560. The highest BCUT2D eigenvalue weighted by molar-refractivity contribution is 7.21. The standard InChI is InChI=1S/C64H72BN3S/c1-13-17-40(14-2)46-27-29-49-58-56(46)63(11)30-15-16-31-64(63,12)68(58)54-35-44(60(4,5)6)34-53-57(54)65(49)50-37-55-51(66-59(69-55)43-24-22-42(23-25-43)41-20-18-39(3)19-21-41)38-52(50)67(53)45-26-28-47-48(36-45)62(9,10)33-32-61(47,7)8/h18-29,34-38,40H,13-17,30-33H2,1-12H3. The molecule has 4 heterocycles. The minimum absolute atomic E-state index is 0.0378. The minimum Gasteiger partial charge on any atom is -0.335 e. The lowest BCUT2D eigenvalue weighted by Crippen LogP contribution is -2.64. The Labute approximate surface area is 417 Å². The highest BCUT2D eigenvalue weighted by atomic mass is 32.1. The number of fused-ring (bicyclic) bond motifs is 9. The first kappa shape index (κ1) is 45.0. The molecule has 0 bridgehead atoms. The molecule has 0 radical (unpaired) electrons. The molecule has 2 aliphatic carbocycles. The van der Waals surface area contributed by atoms with E-state index in [0.29, 0.717) is 5.92 Å². The maximum atomic E-state index is 5.53. The second-order valence-corrected chi connectivity index (χ2v) is 25.8. The molecule has 5 aliphatic rings. The number of nitrogens with zero attached hydrogens (tertiary/aromatic N) is 3. The number of anilines is 5. The van der Waals surface area contributed by atoms with E-state index in [0.717, 1.165) is 10.5 Å². The lowest BCUT2D eigenvalue weighted by atomic mass is 9.33. The minimum atomic E-state index is -0.0620. The van der Waals surface area contributed by atoms with Gasteiger partial charge in [0.2, 0.25) is 0 Å². The number of hydrogen-bond donors (Lipinski definition) is 0. The third kappa shape index (κ3) is 6.53. The first-order valence-corrected chi connectivity index (χ1v) is 27.4. The van der Waals surface area contributed by atoms with Crippen LogP contribution in [-0.4, -0.2) is 17.2 Å². The van der Waals surface area contributed by atoms with E-state index in [1.807, 2.05) is 11.3 Å². The Bertz CT molecular complexity index is 3220. The predicted molar refractivity (Wildman–Crippen MR) is 299 cm³/mol. The average molecular weight is 926 g/mol. The van der Waals surface area contributed by atoms with Gasteiger partial charge in [-0.2, -0.15) is 0 Å². The summed E-state index contributed by atoms with van der Waals surface area (Å²) in [6.07, 6.45) is 11.0. The monoisotopic (exact) mass is 926 g/mol. The summed E-state index contributed by atoms with van der Waals surface area (Å²) in [5.41, 5.74) is 25.1. The molecule has 5 heteroatoms. The first-order chi connectivity index (χ1) is 32.9.